The second-order valence-electron chi connectivity index (χ2n) is 4.47. The predicted molar refractivity (Wildman–Crippen MR) is 64.2 cm³/mol. The Kier molecular flexibility index (Phi) is 3.21. The summed E-state index contributed by atoms with van der Waals surface area (Å²) in [7, 11) is 0. The van der Waals surface area contributed by atoms with E-state index in [2.05, 4.69) is 25.8 Å². The molecule has 0 fully saturated rings. The van der Waals surface area contributed by atoms with Crippen LogP contribution in [0.15, 0.2) is 10.7 Å². The summed E-state index contributed by atoms with van der Waals surface area (Å²) in [5.74, 6) is 0.746. The van der Waals surface area contributed by atoms with Crippen LogP contribution in [0.1, 0.15) is 30.7 Å². The van der Waals surface area contributed by atoms with Crippen LogP contribution in [0.5, 0.6) is 0 Å². The Labute approximate surface area is 109 Å². The first-order valence-corrected chi connectivity index (χ1v) is 6.30. The van der Waals surface area contributed by atoms with Gasteiger partial charge in [0.15, 0.2) is 0 Å². The van der Waals surface area contributed by atoms with Gasteiger partial charge in [-0.1, -0.05) is 0 Å². The highest BCUT2D eigenvalue weighted by atomic mass is 16.4. The van der Waals surface area contributed by atoms with Crippen LogP contribution in [-0.2, 0) is 24.2 Å². The van der Waals surface area contributed by atoms with Gasteiger partial charge in [-0.3, -0.25) is 10.1 Å². The van der Waals surface area contributed by atoms with Crippen LogP contribution in [0.3, 0.4) is 0 Å². The molecule has 19 heavy (non-hydrogen) atoms. The monoisotopic (exact) mass is 262 g/mol. The molecule has 0 aromatic carbocycles. The highest BCUT2D eigenvalue weighted by molar-refractivity contribution is 5.88. The average Bonchev–Trinajstić information content (AvgIpc) is 3.04. The molecule has 100 valence electrons. The second kappa shape index (κ2) is 5.17. The highest BCUT2D eigenvalue weighted by Crippen LogP contribution is 2.23. The molecule has 0 aliphatic heterocycles. The molecule has 0 saturated carbocycles. The fraction of sp³-hybridized carbons (Fsp3) is 0.545. The van der Waals surface area contributed by atoms with Gasteiger partial charge in [0.05, 0.1) is 12.2 Å². The molecular weight excluding hydrogens is 248 g/mol. The van der Waals surface area contributed by atoms with Crippen LogP contribution in [0, 0.1) is 0 Å². The van der Waals surface area contributed by atoms with Gasteiger partial charge in [-0.05, 0) is 29.7 Å². The third-order valence-electron chi connectivity index (χ3n) is 3.05. The quantitative estimate of drug-likeness (QED) is 0.864. The Hall–Kier alpha value is -2.25. The van der Waals surface area contributed by atoms with Crippen LogP contribution in [-0.4, -0.2) is 31.1 Å². The van der Waals surface area contributed by atoms with Crippen molar-refractivity contribution in [1.29, 1.82) is 0 Å². The van der Waals surface area contributed by atoms with Crippen molar-refractivity contribution >= 4 is 11.9 Å². The lowest BCUT2D eigenvalue weighted by atomic mass is 10.0. The molecule has 2 heterocycles. The molecule has 1 aliphatic rings. The van der Waals surface area contributed by atoms with Crippen molar-refractivity contribution < 1.29 is 9.21 Å². The molecule has 8 nitrogen and oxygen atoms in total. The van der Waals surface area contributed by atoms with E-state index in [1.165, 1.54) is 11.0 Å². The third-order valence-corrected chi connectivity index (χ3v) is 3.05. The number of aryl methyl sites for hydroxylation is 3. The number of hydrogen-bond donors (Lipinski definition) is 1. The van der Waals surface area contributed by atoms with Crippen LogP contribution in [0.4, 0.5) is 6.01 Å². The normalized spacial score (nSPS) is 14.1. The van der Waals surface area contributed by atoms with Crippen molar-refractivity contribution in [2.24, 2.45) is 0 Å². The molecule has 1 aliphatic carbocycles. The molecule has 0 spiro atoms. The van der Waals surface area contributed by atoms with E-state index in [4.69, 9.17) is 4.42 Å². The number of carbonyl (C=O) groups is 1. The smallest absolute Gasteiger partial charge is 0.301 e. The fourth-order valence-corrected chi connectivity index (χ4v) is 2.09. The molecule has 2 aromatic rings. The number of carbonyl (C=O) groups excluding carboxylic acids is 1. The van der Waals surface area contributed by atoms with E-state index in [1.807, 2.05) is 0 Å². The molecule has 2 aromatic heterocycles. The van der Waals surface area contributed by atoms with Gasteiger partial charge < -0.3 is 4.42 Å². The number of anilines is 1. The Morgan fingerprint density at radius 2 is 2.32 bits per heavy atom. The van der Waals surface area contributed by atoms with Crippen LogP contribution in [0.2, 0.25) is 0 Å². The first-order valence-electron chi connectivity index (χ1n) is 6.30. The summed E-state index contributed by atoms with van der Waals surface area (Å²) in [6.45, 7) is 0.430. The van der Waals surface area contributed by atoms with Crippen LogP contribution in [0.25, 0.3) is 0 Å². The number of fused-ring (bicyclic) bond motifs is 1. The van der Waals surface area contributed by atoms with Gasteiger partial charge in [0.1, 0.15) is 12.1 Å². The van der Waals surface area contributed by atoms with Crippen molar-refractivity contribution in [2.45, 2.75) is 38.6 Å². The van der Waals surface area contributed by atoms with E-state index in [0.717, 1.165) is 37.1 Å². The lowest BCUT2D eigenvalue weighted by Gasteiger charge is -2.05. The number of rotatable bonds is 4. The van der Waals surface area contributed by atoms with E-state index in [0.29, 0.717) is 12.6 Å². The van der Waals surface area contributed by atoms with Gasteiger partial charge >= 0.3 is 6.01 Å². The van der Waals surface area contributed by atoms with Crippen molar-refractivity contribution in [1.82, 2.24) is 25.2 Å². The minimum atomic E-state index is -0.158. The molecular formula is C11H14N6O2. The molecule has 0 radical (unpaired) electrons. The third kappa shape index (κ3) is 2.78. The van der Waals surface area contributed by atoms with E-state index in [9.17, 15) is 4.79 Å². The molecule has 0 atom stereocenters. The molecule has 1 amide bonds. The summed E-state index contributed by atoms with van der Waals surface area (Å²) in [6, 6.07) is 0.300. The standard InChI is InChI=1S/C11H14N6O2/c18-10(5-6-17-7-12-15-16-17)14-11-13-8-3-1-2-4-9(8)19-11/h7H,1-6H2,(H,13,14,18). The predicted octanol–water partition coefficient (Wildman–Crippen LogP) is 0.569. The lowest BCUT2D eigenvalue weighted by molar-refractivity contribution is -0.116. The zero-order valence-electron chi connectivity index (χ0n) is 10.4. The number of amides is 1. The van der Waals surface area contributed by atoms with Gasteiger partial charge in [-0.2, -0.15) is 4.98 Å². The number of tetrazole rings is 1. The number of oxazole rings is 1. The number of nitrogens with one attached hydrogen (secondary N) is 1. The Morgan fingerprint density at radius 1 is 1.42 bits per heavy atom. The fourth-order valence-electron chi connectivity index (χ4n) is 2.09. The zero-order chi connectivity index (χ0) is 13.1. The molecule has 0 unspecified atom stereocenters. The van der Waals surface area contributed by atoms with E-state index >= 15 is 0 Å². The highest BCUT2D eigenvalue weighted by Gasteiger charge is 2.17. The summed E-state index contributed by atoms with van der Waals surface area (Å²) in [4.78, 5) is 16.0. The van der Waals surface area contributed by atoms with Crippen LogP contribution >= 0.6 is 0 Å². The van der Waals surface area contributed by atoms with Gasteiger partial charge in [-0.25, -0.2) is 4.68 Å². The average molecular weight is 262 g/mol. The van der Waals surface area contributed by atoms with Gasteiger partial charge in [-0.15, -0.1) is 5.10 Å². The van der Waals surface area contributed by atoms with Crippen molar-refractivity contribution in [3.8, 4) is 0 Å². The number of aromatic nitrogens is 5. The summed E-state index contributed by atoms with van der Waals surface area (Å²) < 4.78 is 7.02. The zero-order valence-corrected chi connectivity index (χ0v) is 10.4. The van der Waals surface area contributed by atoms with Crippen LogP contribution < -0.4 is 5.32 Å². The molecule has 0 saturated heterocycles. The first-order chi connectivity index (χ1) is 9.31. The van der Waals surface area contributed by atoms with E-state index in [1.54, 1.807) is 0 Å². The van der Waals surface area contributed by atoms with Crippen molar-refractivity contribution in [2.75, 3.05) is 5.32 Å². The summed E-state index contributed by atoms with van der Waals surface area (Å²) >= 11 is 0. The summed E-state index contributed by atoms with van der Waals surface area (Å²) in [5, 5.41) is 13.3. The largest absolute Gasteiger partial charge is 0.428 e. The maximum Gasteiger partial charge on any atom is 0.301 e. The number of hydrogen-bond acceptors (Lipinski definition) is 6. The van der Waals surface area contributed by atoms with Gasteiger partial charge in [0.25, 0.3) is 0 Å². The maximum atomic E-state index is 11.7. The van der Waals surface area contributed by atoms with Gasteiger partial charge in [0, 0.05) is 12.8 Å². The van der Waals surface area contributed by atoms with Crippen molar-refractivity contribution in [3.05, 3.63) is 17.8 Å². The van der Waals surface area contributed by atoms with E-state index < -0.39 is 0 Å². The summed E-state index contributed by atoms with van der Waals surface area (Å²) in [6.07, 6.45) is 5.83. The lowest BCUT2D eigenvalue weighted by Crippen LogP contribution is -2.15. The second-order valence-corrected chi connectivity index (χ2v) is 4.47. The molecule has 0 bridgehead atoms. The molecule has 8 heteroatoms. The first kappa shape index (κ1) is 11.8. The number of nitrogens with zero attached hydrogens (tertiary/aromatic N) is 5. The minimum Gasteiger partial charge on any atom is -0.428 e. The van der Waals surface area contributed by atoms with Gasteiger partial charge in [0.2, 0.25) is 5.91 Å². The topological polar surface area (TPSA) is 98.7 Å². The molecule has 1 N–H and O–H groups in total. The summed E-state index contributed by atoms with van der Waals surface area (Å²) in [5.41, 5.74) is 0.974. The Morgan fingerprint density at radius 3 is 3.11 bits per heavy atom. The Balaban J connectivity index is 1.55. The SMILES string of the molecule is O=C(CCn1cnnn1)Nc1nc2c(o1)CCCC2. The maximum absolute atomic E-state index is 11.7. The van der Waals surface area contributed by atoms with Crippen molar-refractivity contribution in [3.63, 3.8) is 0 Å². The van der Waals surface area contributed by atoms with E-state index in [-0.39, 0.29) is 12.3 Å². The minimum absolute atomic E-state index is 0.158. The Bertz CT molecular complexity index is 538. The molecule has 3 rings (SSSR count).